The van der Waals surface area contributed by atoms with Gasteiger partial charge in [-0.2, -0.15) is 0 Å². The fourth-order valence-corrected chi connectivity index (χ4v) is 2.09. The molecule has 1 aliphatic heterocycles. The van der Waals surface area contributed by atoms with Crippen LogP contribution in [0.25, 0.3) is 0 Å². The van der Waals surface area contributed by atoms with Crippen molar-refractivity contribution in [1.82, 2.24) is 5.32 Å². The van der Waals surface area contributed by atoms with E-state index in [1.165, 1.54) is 19.4 Å². The molecule has 11 heavy (non-hydrogen) atoms. The minimum atomic E-state index is 0. The molecular weight excluding hydrogens is 129 g/mol. The predicted octanol–water partition coefficient (Wildman–Crippen LogP) is 1.53. The van der Waals surface area contributed by atoms with Gasteiger partial charge in [-0.25, -0.2) is 0 Å². The van der Waals surface area contributed by atoms with Crippen LogP contribution in [0.2, 0.25) is 0 Å². The Balaban J connectivity index is 0.000001000. The van der Waals surface area contributed by atoms with Crippen LogP contribution in [0.3, 0.4) is 0 Å². The van der Waals surface area contributed by atoms with Gasteiger partial charge in [0.1, 0.15) is 0 Å². The minimum absolute atomic E-state index is 0. The molecule has 0 saturated carbocycles. The maximum absolute atomic E-state index is 3.51. The van der Waals surface area contributed by atoms with Gasteiger partial charge < -0.3 is 5.32 Å². The van der Waals surface area contributed by atoms with Crippen molar-refractivity contribution < 1.29 is 0 Å². The van der Waals surface area contributed by atoms with Gasteiger partial charge in [-0.1, -0.05) is 13.8 Å². The second-order valence-corrected chi connectivity index (χ2v) is 4.90. The standard InChI is InChI=1S/C9H19N.Li.H/c1-8(2)5-6-10-9(3,4)7-8;;/h10H,5-7H2,1-4H3;;. The third-order valence-corrected chi connectivity index (χ3v) is 2.33. The summed E-state index contributed by atoms with van der Waals surface area (Å²) < 4.78 is 0. The molecule has 0 bridgehead atoms. The van der Waals surface area contributed by atoms with E-state index in [0.29, 0.717) is 11.0 Å². The van der Waals surface area contributed by atoms with E-state index in [9.17, 15) is 0 Å². The topological polar surface area (TPSA) is 12.0 Å². The van der Waals surface area contributed by atoms with Gasteiger partial charge in [-0.3, -0.25) is 0 Å². The zero-order valence-corrected chi connectivity index (χ0v) is 7.62. The molecule has 1 fully saturated rings. The van der Waals surface area contributed by atoms with E-state index in [-0.39, 0.29) is 18.9 Å². The first-order valence-corrected chi connectivity index (χ1v) is 4.16. The molecule has 1 rings (SSSR count). The monoisotopic (exact) mass is 149 g/mol. The Hall–Kier alpha value is 0.557. The Morgan fingerprint density at radius 2 is 1.64 bits per heavy atom. The summed E-state index contributed by atoms with van der Waals surface area (Å²) in [7, 11) is 0. The first-order valence-electron chi connectivity index (χ1n) is 4.16. The van der Waals surface area contributed by atoms with Gasteiger partial charge >= 0.3 is 18.9 Å². The summed E-state index contributed by atoms with van der Waals surface area (Å²) in [6, 6.07) is 0. The van der Waals surface area contributed by atoms with Crippen LogP contribution in [0.15, 0.2) is 0 Å². The summed E-state index contributed by atoms with van der Waals surface area (Å²) >= 11 is 0. The molecule has 1 nitrogen and oxygen atoms in total. The van der Waals surface area contributed by atoms with Crippen molar-refractivity contribution in [2.24, 2.45) is 5.41 Å². The van der Waals surface area contributed by atoms with Crippen LogP contribution in [-0.4, -0.2) is 30.9 Å². The Morgan fingerprint density at radius 1 is 1.09 bits per heavy atom. The zero-order chi connectivity index (χ0) is 7.83. The molecule has 0 spiro atoms. The molecule has 0 atom stereocenters. The number of rotatable bonds is 0. The summed E-state index contributed by atoms with van der Waals surface area (Å²) in [4.78, 5) is 0. The number of hydrogen-bond donors (Lipinski definition) is 1. The van der Waals surface area contributed by atoms with Crippen molar-refractivity contribution in [3.8, 4) is 0 Å². The van der Waals surface area contributed by atoms with Crippen molar-refractivity contribution in [2.75, 3.05) is 6.54 Å². The van der Waals surface area contributed by atoms with Gasteiger partial charge in [0.25, 0.3) is 0 Å². The van der Waals surface area contributed by atoms with Crippen molar-refractivity contribution in [3.05, 3.63) is 0 Å². The Morgan fingerprint density at radius 3 is 1.91 bits per heavy atom. The quantitative estimate of drug-likeness (QED) is 0.515. The number of hydrogen-bond acceptors (Lipinski definition) is 1. The predicted molar refractivity (Wildman–Crippen MR) is 52.2 cm³/mol. The molecule has 1 aliphatic rings. The Bertz CT molecular complexity index is 116. The molecule has 0 unspecified atom stereocenters. The summed E-state index contributed by atoms with van der Waals surface area (Å²) in [6.07, 6.45) is 2.61. The number of piperidine rings is 1. The molecule has 1 N–H and O–H groups in total. The van der Waals surface area contributed by atoms with Gasteiger partial charge in [0.15, 0.2) is 0 Å². The Kier molecular flexibility index (Phi) is 3.70. The van der Waals surface area contributed by atoms with Crippen molar-refractivity contribution in [2.45, 2.75) is 46.1 Å². The molecular formula is C9H20LiN. The van der Waals surface area contributed by atoms with E-state index in [1.54, 1.807) is 0 Å². The molecule has 62 valence electrons. The fraction of sp³-hybridized carbons (Fsp3) is 1.00. The van der Waals surface area contributed by atoms with E-state index < -0.39 is 0 Å². The van der Waals surface area contributed by atoms with Crippen LogP contribution in [0, 0.1) is 5.41 Å². The summed E-state index contributed by atoms with van der Waals surface area (Å²) in [5.74, 6) is 0. The van der Waals surface area contributed by atoms with Gasteiger partial charge in [0, 0.05) is 5.54 Å². The van der Waals surface area contributed by atoms with Crippen LogP contribution in [0.5, 0.6) is 0 Å². The average molecular weight is 149 g/mol. The molecule has 2 heteroatoms. The van der Waals surface area contributed by atoms with Crippen LogP contribution in [-0.2, 0) is 0 Å². The van der Waals surface area contributed by atoms with E-state index in [2.05, 4.69) is 33.0 Å². The van der Waals surface area contributed by atoms with Crippen molar-refractivity contribution >= 4 is 18.9 Å². The van der Waals surface area contributed by atoms with E-state index in [0.717, 1.165) is 0 Å². The second-order valence-electron chi connectivity index (χ2n) is 4.90. The SMILES string of the molecule is CC1(C)CCNC(C)(C)C1.[LiH]. The molecule has 0 aromatic heterocycles. The van der Waals surface area contributed by atoms with Gasteiger partial charge in [0.2, 0.25) is 0 Å². The normalized spacial score (nSPS) is 27.3. The zero-order valence-electron chi connectivity index (χ0n) is 7.62. The van der Waals surface area contributed by atoms with Crippen LogP contribution < -0.4 is 5.32 Å². The average Bonchev–Trinajstić information content (AvgIpc) is 1.56. The molecule has 0 amide bonds. The first kappa shape index (κ1) is 11.6. The molecule has 0 aromatic carbocycles. The maximum atomic E-state index is 3.51. The van der Waals surface area contributed by atoms with Crippen LogP contribution >= 0.6 is 0 Å². The molecule has 1 saturated heterocycles. The summed E-state index contributed by atoms with van der Waals surface area (Å²) in [5.41, 5.74) is 0.913. The second kappa shape index (κ2) is 3.52. The van der Waals surface area contributed by atoms with Crippen molar-refractivity contribution in [3.63, 3.8) is 0 Å². The van der Waals surface area contributed by atoms with Gasteiger partial charge in [-0.15, -0.1) is 0 Å². The van der Waals surface area contributed by atoms with Crippen LogP contribution in [0.4, 0.5) is 0 Å². The molecule has 0 aromatic rings. The summed E-state index contributed by atoms with van der Waals surface area (Å²) in [5, 5.41) is 3.51. The third kappa shape index (κ3) is 3.65. The van der Waals surface area contributed by atoms with E-state index in [1.807, 2.05) is 0 Å². The van der Waals surface area contributed by atoms with Gasteiger partial charge in [-0.05, 0) is 38.6 Å². The molecule has 0 radical (unpaired) electrons. The van der Waals surface area contributed by atoms with Gasteiger partial charge in [0.05, 0.1) is 0 Å². The van der Waals surface area contributed by atoms with E-state index >= 15 is 0 Å². The van der Waals surface area contributed by atoms with E-state index in [4.69, 9.17) is 0 Å². The third-order valence-electron chi connectivity index (χ3n) is 2.33. The molecule has 0 aliphatic carbocycles. The van der Waals surface area contributed by atoms with Crippen LogP contribution in [0.1, 0.15) is 40.5 Å². The molecule has 1 heterocycles. The fourth-order valence-electron chi connectivity index (χ4n) is 2.09. The Labute approximate surface area is 82.5 Å². The van der Waals surface area contributed by atoms with Crippen molar-refractivity contribution in [1.29, 1.82) is 0 Å². The first-order chi connectivity index (χ1) is 4.41. The summed E-state index contributed by atoms with van der Waals surface area (Å²) in [6.45, 7) is 10.5. The number of nitrogens with one attached hydrogen (secondary N) is 1.